The van der Waals surface area contributed by atoms with Crippen LogP contribution < -0.4 is 22.9 Å². The highest BCUT2D eigenvalue weighted by atomic mass is 16.7. The van der Waals surface area contributed by atoms with E-state index in [1.54, 1.807) is 0 Å². The van der Waals surface area contributed by atoms with Gasteiger partial charge < -0.3 is 52.8 Å². The molecule has 0 amide bonds. The van der Waals surface area contributed by atoms with Gasteiger partial charge >= 0.3 is 0 Å². The lowest BCUT2D eigenvalue weighted by molar-refractivity contribution is -0.287. The summed E-state index contributed by atoms with van der Waals surface area (Å²) in [6.07, 6.45) is -7.73. The average molecular weight is 322 g/mol. The number of hydrogen-bond donors (Lipinski definition) is 8. The molecule has 2 rings (SSSR count). The maximum absolute atomic E-state index is 10.1. The normalized spacial score (nSPS) is 53.5. The summed E-state index contributed by atoms with van der Waals surface area (Å²) < 4.78 is 11.0. The molecule has 1 saturated heterocycles. The van der Waals surface area contributed by atoms with Crippen molar-refractivity contribution < 1.29 is 29.9 Å². The van der Waals surface area contributed by atoms with Gasteiger partial charge in [-0.25, -0.2) is 0 Å². The third kappa shape index (κ3) is 3.26. The van der Waals surface area contributed by atoms with Gasteiger partial charge in [-0.2, -0.15) is 0 Å². The minimum absolute atomic E-state index is 0.0441. The molecule has 10 heteroatoms. The molecule has 1 aliphatic heterocycles. The van der Waals surface area contributed by atoms with Crippen LogP contribution in [0.3, 0.4) is 0 Å². The van der Waals surface area contributed by atoms with Crippen LogP contribution in [0.2, 0.25) is 0 Å². The van der Waals surface area contributed by atoms with Crippen molar-refractivity contribution in [3.63, 3.8) is 0 Å². The van der Waals surface area contributed by atoms with Gasteiger partial charge in [-0.15, -0.1) is 0 Å². The molecule has 0 aromatic carbocycles. The van der Waals surface area contributed by atoms with Crippen molar-refractivity contribution in [3.8, 4) is 0 Å². The van der Waals surface area contributed by atoms with Crippen LogP contribution in [0.4, 0.5) is 0 Å². The summed E-state index contributed by atoms with van der Waals surface area (Å²) in [5.74, 6) is 0. The minimum Gasteiger partial charge on any atom is -0.389 e. The molecule has 10 nitrogen and oxygen atoms in total. The largest absolute Gasteiger partial charge is 0.389 e. The lowest BCUT2D eigenvalue weighted by atomic mass is 9.84. The van der Waals surface area contributed by atoms with Gasteiger partial charge in [0, 0.05) is 18.6 Å². The van der Waals surface area contributed by atoms with Gasteiger partial charge in [0.2, 0.25) is 0 Å². The quantitative estimate of drug-likeness (QED) is 0.248. The van der Waals surface area contributed by atoms with E-state index >= 15 is 0 Å². The number of hydrogen-bond acceptors (Lipinski definition) is 10. The molecule has 2 fully saturated rings. The van der Waals surface area contributed by atoms with Crippen LogP contribution in [0.25, 0.3) is 0 Å². The molecule has 0 bridgehead atoms. The molecule has 10 atom stereocenters. The Labute approximate surface area is 128 Å². The molecule has 0 spiro atoms. The van der Waals surface area contributed by atoms with Crippen molar-refractivity contribution in [1.29, 1.82) is 0 Å². The molecule has 1 heterocycles. The van der Waals surface area contributed by atoms with E-state index in [-0.39, 0.29) is 13.0 Å². The predicted octanol–water partition coefficient (Wildman–Crippen LogP) is -5.12. The fourth-order valence-corrected chi connectivity index (χ4v) is 2.89. The van der Waals surface area contributed by atoms with Crippen molar-refractivity contribution >= 4 is 0 Å². The zero-order valence-electron chi connectivity index (χ0n) is 12.1. The third-order valence-electron chi connectivity index (χ3n) is 4.36. The van der Waals surface area contributed by atoms with E-state index in [2.05, 4.69) is 0 Å². The summed E-state index contributed by atoms with van der Waals surface area (Å²) in [7, 11) is 0. The third-order valence-corrected chi connectivity index (χ3v) is 4.36. The maximum Gasteiger partial charge on any atom is 0.176 e. The highest BCUT2D eigenvalue weighted by Crippen LogP contribution is 2.26. The molecule has 1 saturated carbocycles. The van der Waals surface area contributed by atoms with Crippen LogP contribution in [0.15, 0.2) is 0 Å². The van der Waals surface area contributed by atoms with Crippen molar-refractivity contribution in [2.24, 2.45) is 22.9 Å². The Kier molecular flexibility index (Phi) is 5.72. The van der Waals surface area contributed by atoms with Gasteiger partial charge in [0.25, 0.3) is 0 Å². The summed E-state index contributed by atoms with van der Waals surface area (Å²) in [6.45, 7) is -0.0441. The van der Waals surface area contributed by atoms with Crippen LogP contribution >= 0.6 is 0 Å². The first-order valence-electron chi connectivity index (χ1n) is 7.28. The number of rotatable bonds is 3. The molecule has 130 valence electrons. The lowest BCUT2D eigenvalue weighted by Crippen LogP contribution is -2.67. The highest BCUT2D eigenvalue weighted by Gasteiger charge is 2.47. The van der Waals surface area contributed by atoms with E-state index in [1.165, 1.54) is 0 Å². The minimum atomic E-state index is -1.31. The van der Waals surface area contributed by atoms with E-state index in [1.807, 2.05) is 0 Å². The molecule has 22 heavy (non-hydrogen) atoms. The predicted molar refractivity (Wildman–Crippen MR) is 75.2 cm³/mol. The number of aliphatic hydroxyl groups is 4. The van der Waals surface area contributed by atoms with Crippen LogP contribution in [-0.2, 0) is 9.47 Å². The first-order valence-corrected chi connectivity index (χ1v) is 7.28. The Hall–Kier alpha value is -0.400. The van der Waals surface area contributed by atoms with Gasteiger partial charge in [0.15, 0.2) is 6.29 Å². The first kappa shape index (κ1) is 17.9. The molecule has 0 aromatic heterocycles. The Morgan fingerprint density at radius 2 is 1.55 bits per heavy atom. The van der Waals surface area contributed by atoms with Crippen molar-refractivity contribution in [2.75, 3.05) is 6.54 Å². The van der Waals surface area contributed by atoms with E-state index in [0.717, 1.165) is 0 Å². The van der Waals surface area contributed by atoms with E-state index < -0.39 is 61.0 Å². The molecule has 4 unspecified atom stereocenters. The molecular formula is C12H26N4O6. The van der Waals surface area contributed by atoms with E-state index in [4.69, 9.17) is 32.4 Å². The molecule has 12 N–H and O–H groups in total. The topological polar surface area (TPSA) is 203 Å². The second-order valence-corrected chi connectivity index (χ2v) is 5.98. The fourth-order valence-electron chi connectivity index (χ4n) is 2.89. The molecule has 0 radical (unpaired) electrons. The molecular weight excluding hydrogens is 296 g/mol. The van der Waals surface area contributed by atoms with E-state index in [0.29, 0.717) is 0 Å². The number of nitrogens with two attached hydrogens (primary N) is 4. The first-order chi connectivity index (χ1) is 10.3. The van der Waals surface area contributed by atoms with Crippen molar-refractivity contribution in [2.45, 2.75) is 67.5 Å². The average Bonchev–Trinajstić information content (AvgIpc) is 2.49. The number of aliphatic hydroxyl groups excluding tert-OH is 4. The van der Waals surface area contributed by atoms with Gasteiger partial charge in [-0.05, 0) is 6.42 Å². The van der Waals surface area contributed by atoms with Crippen LogP contribution in [0.1, 0.15) is 6.42 Å². The highest BCUT2D eigenvalue weighted by molar-refractivity contribution is 4.99. The van der Waals surface area contributed by atoms with Crippen molar-refractivity contribution in [3.05, 3.63) is 0 Å². The van der Waals surface area contributed by atoms with Gasteiger partial charge in [-0.3, -0.25) is 0 Å². The Morgan fingerprint density at radius 1 is 0.909 bits per heavy atom. The van der Waals surface area contributed by atoms with Crippen LogP contribution in [0.5, 0.6) is 0 Å². The zero-order valence-corrected chi connectivity index (χ0v) is 12.1. The van der Waals surface area contributed by atoms with Crippen LogP contribution in [0, 0.1) is 0 Å². The fraction of sp³-hybridized carbons (Fsp3) is 1.00. The molecule has 1 aliphatic carbocycles. The summed E-state index contributed by atoms with van der Waals surface area (Å²) in [5, 5.41) is 39.6. The Bertz CT molecular complexity index is 376. The summed E-state index contributed by atoms with van der Waals surface area (Å²) in [6, 6.07) is -2.34. The van der Waals surface area contributed by atoms with E-state index in [9.17, 15) is 20.4 Å². The second-order valence-electron chi connectivity index (χ2n) is 5.98. The zero-order chi connectivity index (χ0) is 16.6. The Balaban J connectivity index is 2.08. The Morgan fingerprint density at radius 3 is 2.14 bits per heavy atom. The van der Waals surface area contributed by atoms with Crippen LogP contribution in [-0.4, -0.2) is 88.0 Å². The standard InChI is InChI=1S/C12H26N4O6/c13-2-5-8(18)9(19)6(16)12(21-5)22-11-4(15)1-3(14)7(17)10(11)20/h3-12,17-20H,1-2,13-16H2/t3-,4?,5?,6?,7?,8+,9-,10-,11+,12+/m1/s1. The second kappa shape index (κ2) is 7.01. The van der Waals surface area contributed by atoms with Gasteiger partial charge in [0.1, 0.15) is 30.5 Å². The monoisotopic (exact) mass is 322 g/mol. The van der Waals surface area contributed by atoms with Crippen molar-refractivity contribution in [1.82, 2.24) is 0 Å². The SMILES string of the molecule is NCC1O[C@@H](O[C@H]2C(N)C[C@@H](N)C(O)[C@H]2O)C(N)[C@@H](O)[C@H]1O. The maximum atomic E-state index is 10.1. The lowest BCUT2D eigenvalue weighted by Gasteiger charge is -2.45. The number of ether oxygens (including phenoxy) is 2. The molecule has 2 aliphatic rings. The summed E-state index contributed by atoms with van der Waals surface area (Å²) in [4.78, 5) is 0. The van der Waals surface area contributed by atoms with Gasteiger partial charge in [-0.1, -0.05) is 0 Å². The van der Waals surface area contributed by atoms with Gasteiger partial charge in [0.05, 0.1) is 12.1 Å². The summed E-state index contributed by atoms with van der Waals surface area (Å²) >= 11 is 0. The summed E-state index contributed by atoms with van der Waals surface area (Å²) in [5.41, 5.74) is 22.8. The molecule has 0 aromatic rings. The smallest absolute Gasteiger partial charge is 0.176 e.